The summed E-state index contributed by atoms with van der Waals surface area (Å²) >= 11 is 0. The maximum Gasteiger partial charge on any atom is 0.194 e. The van der Waals surface area contributed by atoms with Gasteiger partial charge in [-0.15, -0.1) is 0 Å². The van der Waals surface area contributed by atoms with E-state index >= 15 is 0 Å². The molecule has 3 aromatic carbocycles. The van der Waals surface area contributed by atoms with E-state index < -0.39 is 5.82 Å². The van der Waals surface area contributed by atoms with Crippen molar-refractivity contribution in [1.82, 2.24) is 0 Å². The molecule has 0 unspecified atom stereocenters. The van der Waals surface area contributed by atoms with E-state index in [-0.39, 0.29) is 11.6 Å². The van der Waals surface area contributed by atoms with Crippen molar-refractivity contribution in [2.75, 3.05) is 0 Å². The van der Waals surface area contributed by atoms with E-state index in [0.29, 0.717) is 16.7 Å². The SMILES string of the molecule is O=C1C=Cc2ccc3c4c(ccc1c24)C(=O)c1cc(F)ccc1-3. The predicted molar refractivity (Wildman–Crippen MR) is 86.1 cm³/mol. The molecule has 0 bridgehead atoms. The molecule has 2 aliphatic carbocycles. The molecule has 0 saturated carbocycles. The van der Waals surface area contributed by atoms with E-state index in [1.54, 1.807) is 30.4 Å². The van der Waals surface area contributed by atoms with E-state index in [0.717, 1.165) is 27.5 Å². The standard InChI is InChI=1S/C20H9FO2/c21-11-3-5-12-13-4-1-10-2-8-17(22)14-6-7-15(19(13)18(10)14)20(23)16(12)9-11/h1-9H. The van der Waals surface area contributed by atoms with Crippen LogP contribution in [-0.2, 0) is 0 Å². The zero-order valence-corrected chi connectivity index (χ0v) is 11.9. The predicted octanol–water partition coefficient (Wildman–Crippen LogP) is 4.40. The van der Waals surface area contributed by atoms with Gasteiger partial charge in [-0.3, -0.25) is 9.59 Å². The Kier molecular flexibility index (Phi) is 2.18. The van der Waals surface area contributed by atoms with E-state index in [1.807, 2.05) is 12.1 Å². The van der Waals surface area contributed by atoms with Crippen molar-refractivity contribution in [2.24, 2.45) is 0 Å². The van der Waals surface area contributed by atoms with Crippen LogP contribution in [-0.4, -0.2) is 11.6 Å². The Bertz CT molecular complexity index is 1110. The van der Waals surface area contributed by atoms with Crippen LogP contribution in [0.1, 0.15) is 31.8 Å². The highest BCUT2D eigenvalue weighted by Crippen LogP contribution is 2.43. The smallest absolute Gasteiger partial charge is 0.194 e. The summed E-state index contributed by atoms with van der Waals surface area (Å²) in [6.45, 7) is 0. The van der Waals surface area contributed by atoms with Crippen molar-refractivity contribution in [3.63, 3.8) is 0 Å². The lowest BCUT2D eigenvalue weighted by molar-refractivity contribution is 0.103. The Labute approximate surface area is 130 Å². The van der Waals surface area contributed by atoms with Gasteiger partial charge < -0.3 is 0 Å². The fourth-order valence-electron chi connectivity index (χ4n) is 3.62. The first-order chi connectivity index (χ1) is 11.1. The van der Waals surface area contributed by atoms with Crippen LogP contribution in [0.3, 0.4) is 0 Å². The number of carbonyl (C=O) groups is 2. The number of halogens is 1. The fourth-order valence-corrected chi connectivity index (χ4v) is 3.62. The molecule has 108 valence electrons. The summed E-state index contributed by atoms with van der Waals surface area (Å²) in [4.78, 5) is 24.9. The Morgan fingerprint density at radius 1 is 0.652 bits per heavy atom. The van der Waals surface area contributed by atoms with Crippen LogP contribution >= 0.6 is 0 Å². The van der Waals surface area contributed by atoms with E-state index in [1.165, 1.54) is 12.1 Å². The first-order valence-electron chi connectivity index (χ1n) is 7.32. The third-order valence-electron chi connectivity index (χ3n) is 4.63. The monoisotopic (exact) mass is 300 g/mol. The third kappa shape index (κ3) is 1.46. The van der Waals surface area contributed by atoms with Crippen molar-refractivity contribution in [3.8, 4) is 11.1 Å². The Balaban J connectivity index is 2.03. The fraction of sp³-hybridized carbons (Fsp3) is 0. The van der Waals surface area contributed by atoms with Gasteiger partial charge >= 0.3 is 0 Å². The van der Waals surface area contributed by atoms with Crippen LogP contribution in [0, 0.1) is 5.82 Å². The Morgan fingerprint density at radius 3 is 2.26 bits per heavy atom. The average Bonchev–Trinajstić information content (AvgIpc) is 2.57. The molecule has 3 heteroatoms. The molecular weight excluding hydrogens is 291 g/mol. The molecule has 0 N–H and O–H groups in total. The second-order valence-electron chi connectivity index (χ2n) is 5.83. The number of hydrogen-bond donors (Lipinski definition) is 0. The van der Waals surface area contributed by atoms with Gasteiger partial charge in [0, 0.05) is 27.5 Å². The molecule has 0 saturated heterocycles. The molecule has 0 spiro atoms. The highest BCUT2D eigenvalue weighted by molar-refractivity contribution is 6.30. The molecule has 0 fully saturated rings. The second-order valence-corrected chi connectivity index (χ2v) is 5.83. The van der Waals surface area contributed by atoms with Crippen molar-refractivity contribution in [3.05, 3.63) is 76.6 Å². The average molecular weight is 300 g/mol. The van der Waals surface area contributed by atoms with Gasteiger partial charge in [0.05, 0.1) is 0 Å². The lowest BCUT2D eigenvalue weighted by Crippen LogP contribution is -2.13. The molecule has 5 rings (SSSR count). The zero-order chi connectivity index (χ0) is 15.7. The van der Waals surface area contributed by atoms with Gasteiger partial charge in [-0.05, 0) is 47.0 Å². The van der Waals surface area contributed by atoms with Crippen molar-refractivity contribution < 1.29 is 14.0 Å². The summed E-state index contributed by atoms with van der Waals surface area (Å²) in [5.41, 5.74) is 4.04. The third-order valence-corrected chi connectivity index (χ3v) is 4.63. The number of ketones is 2. The van der Waals surface area contributed by atoms with Crippen molar-refractivity contribution in [1.29, 1.82) is 0 Å². The van der Waals surface area contributed by atoms with E-state index in [2.05, 4.69) is 0 Å². The summed E-state index contributed by atoms with van der Waals surface area (Å²) < 4.78 is 13.6. The molecule has 0 aromatic heterocycles. The summed E-state index contributed by atoms with van der Waals surface area (Å²) in [7, 11) is 0. The van der Waals surface area contributed by atoms with Crippen LogP contribution in [0.4, 0.5) is 4.39 Å². The van der Waals surface area contributed by atoms with Gasteiger partial charge in [0.1, 0.15) is 5.82 Å². The lowest BCUT2D eigenvalue weighted by atomic mass is 9.79. The maximum absolute atomic E-state index is 13.6. The Hall–Kier alpha value is -3.07. The molecular formula is C20H9FO2. The lowest BCUT2D eigenvalue weighted by Gasteiger charge is -2.23. The minimum Gasteiger partial charge on any atom is -0.289 e. The molecule has 0 atom stereocenters. The van der Waals surface area contributed by atoms with Gasteiger partial charge in [0.25, 0.3) is 0 Å². The van der Waals surface area contributed by atoms with Gasteiger partial charge in [-0.25, -0.2) is 4.39 Å². The topological polar surface area (TPSA) is 34.1 Å². The van der Waals surface area contributed by atoms with Gasteiger partial charge in [-0.2, -0.15) is 0 Å². The number of hydrogen-bond acceptors (Lipinski definition) is 2. The van der Waals surface area contributed by atoms with Crippen LogP contribution in [0.5, 0.6) is 0 Å². The summed E-state index contributed by atoms with van der Waals surface area (Å²) in [5, 5.41) is 1.61. The van der Waals surface area contributed by atoms with Crippen LogP contribution in [0.15, 0.2) is 48.5 Å². The number of carbonyl (C=O) groups excluding carboxylic acids is 2. The first-order valence-corrected chi connectivity index (χ1v) is 7.32. The van der Waals surface area contributed by atoms with Crippen LogP contribution < -0.4 is 0 Å². The van der Waals surface area contributed by atoms with E-state index in [4.69, 9.17) is 0 Å². The quantitative estimate of drug-likeness (QED) is 0.482. The Morgan fingerprint density at radius 2 is 1.39 bits per heavy atom. The van der Waals surface area contributed by atoms with Gasteiger partial charge in [0.15, 0.2) is 11.6 Å². The van der Waals surface area contributed by atoms with Crippen LogP contribution in [0.2, 0.25) is 0 Å². The van der Waals surface area contributed by atoms with Gasteiger partial charge in [0.2, 0.25) is 0 Å². The number of benzene rings is 3. The van der Waals surface area contributed by atoms with Crippen LogP contribution in [0.25, 0.3) is 28.0 Å². The summed E-state index contributed by atoms with van der Waals surface area (Å²) in [6.07, 6.45) is 3.33. The molecule has 0 aliphatic heterocycles. The summed E-state index contributed by atoms with van der Waals surface area (Å²) in [5.74, 6) is -0.680. The second kappa shape index (κ2) is 4.02. The number of rotatable bonds is 0. The molecule has 3 aromatic rings. The minimum absolute atomic E-state index is 0.0569. The van der Waals surface area contributed by atoms with E-state index in [9.17, 15) is 14.0 Å². The zero-order valence-electron chi connectivity index (χ0n) is 11.9. The summed E-state index contributed by atoms with van der Waals surface area (Å²) in [6, 6.07) is 11.5. The van der Waals surface area contributed by atoms with Crippen molar-refractivity contribution >= 4 is 28.4 Å². The number of fused-ring (bicyclic) bond motifs is 2. The molecule has 0 radical (unpaired) electrons. The highest BCUT2D eigenvalue weighted by Gasteiger charge is 2.28. The molecule has 0 amide bonds. The normalized spacial score (nSPS) is 14.3. The van der Waals surface area contributed by atoms with Crippen molar-refractivity contribution in [2.45, 2.75) is 0 Å². The largest absolute Gasteiger partial charge is 0.289 e. The maximum atomic E-state index is 13.6. The molecule has 2 nitrogen and oxygen atoms in total. The first kappa shape index (κ1) is 12.5. The molecule has 0 heterocycles. The van der Waals surface area contributed by atoms with Gasteiger partial charge in [-0.1, -0.05) is 24.3 Å². The molecule has 2 aliphatic rings. The minimum atomic E-state index is -0.427. The number of allylic oxidation sites excluding steroid dienone is 1. The highest BCUT2D eigenvalue weighted by atomic mass is 19.1. The molecule has 23 heavy (non-hydrogen) atoms.